The number of ether oxygens (including phenoxy) is 1. The lowest BCUT2D eigenvalue weighted by Crippen LogP contribution is -2.62. The standard InChI is InChI=1S/C25H38N6O5/c1-18(2)27-24(32)17-29-8-9-30-22-5-4-20(31(34)35)14-19(22)15-21(23(30)16-29)25(33)26-6-3-7-28-10-12-36-13-11-28/h4-5,14,18,21,23H,3,6-13,15-17H2,1-2H3,(H,26,33)(H,27,32)/t21-,23+/m1/s1. The van der Waals surface area contributed by atoms with Crippen LogP contribution in [0.15, 0.2) is 18.2 Å². The van der Waals surface area contributed by atoms with Crippen LogP contribution in [-0.2, 0) is 20.7 Å². The maximum atomic E-state index is 13.4. The molecular weight excluding hydrogens is 464 g/mol. The average molecular weight is 503 g/mol. The van der Waals surface area contributed by atoms with Crippen molar-refractivity contribution in [1.82, 2.24) is 20.4 Å². The van der Waals surface area contributed by atoms with E-state index in [0.29, 0.717) is 39.1 Å². The molecule has 11 heteroatoms. The number of rotatable bonds is 9. The van der Waals surface area contributed by atoms with E-state index in [-0.39, 0.29) is 35.5 Å². The summed E-state index contributed by atoms with van der Waals surface area (Å²) in [7, 11) is 0. The minimum atomic E-state index is -0.391. The number of anilines is 1. The van der Waals surface area contributed by atoms with Crippen LogP contribution in [0.5, 0.6) is 0 Å². The third-order valence-electron chi connectivity index (χ3n) is 7.20. The summed E-state index contributed by atoms with van der Waals surface area (Å²) in [6, 6.07) is 4.92. The molecule has 0 aliphatic carbocycles. The van der Waals surface area contributed by atoms with Gasteiger partial charge in [0.25, 0.3) is 5.69 Å². The van der Waals surface area contributed by atoms with E-state index < -0.39 is 4.92 Å². The highest BCUT2D eigenvalue weighted by Crippen LogP contribution is 2.37. The lowest BCUT2D eigenvalue weighted by atomic mass is 9.83. The molecular formula is C25H38N6O5. The van der Waals surface area contributed by atoms with Gasteiger partial charge in [-0.3, -0.25) is 29.5 Å². The molecule has 0 bridgehead atoms. The van der Waals surface area contributed by atoms with E-state index in [4.69, 9.17) is 4.74 Å². The lowest BCUT2D eigenvalue weighted by Gasteiger charge is -2.49. The van der Waals surface area contributed by atoms with Gasteiger partial charge in [0.1, 0.15) is 0 Å². The molecule has 2 fully saturated rings. The summed E-state index contributed by atoms with van der Waals surface area (Å²) in [6.07, 6.45) is 1.30. The molecule has 1 aromatic carbocycles. The van der Waals surface area contributed by atoms with E-state index in [0.717, 1.165) is 50.5 Å². The molecule has 2 saturated heterocycles. The van der Waals surface area contributed by atoms with Crippen LogP contribution in [0.25, 0.3) is 0 Å². The second-order valence-electron chi connectivity index (χ2n) is 10.2. The number of carbonyl (C=O) groups excluding carboxylic acids is 2. The van der Waals surface area contributed by atoms with Gasteiger partial charge in [-0.25, -0.2) is 0 Å². The molecule has 0 spiro atoms. The van der Waals surface area contributed by atoms with Crippen LogP contribution in [-0.4, -0.2) is 104 Å². The fourth-order valence-corrected chi connectivity index (χ4v) is 5.47. The van der Waals surface area contributed by atoms with Crippen LogP contribution >= 0.6 is 0 Å². The average Bonchev–Trinajstić information content (AvgIpc) is 2.85. The Kier molecular flexibility index (Phi) is 8.76. The first-order chi connectivity index (χ1) is 17.3. The third-order valence-corrected chi connectivity index (χ3v) is 7.20. The summed E-state index contributed by atoms with van der Waals surface area (Å²) < 4.78 is 5.39. The van der Waals surface area contributed by atoms with Gasteiger partial charge in [-0.05, 0) is 44.9 Å². The normalized spacial score (nSPS) is 22.6. The molecule has 4 rings (SSSR count). The Morgan fingerprint density at radius 3 is 2.67 bits per heavy atom. The van der Waals surface area contributed by atoms with Crippen molar-refractivity contribution in [2.24, 2.45) is 5.92 Å². The molecule has 0 saturated carbocycles. The fourth-order valence-electron chi connectivity index (χ4n) is 5.47. The highest BCUT2D eigenvalue weighted by atomic mass is 16.6. The number of benzene rings is 1. The van der Waals surface area contributed by atoms with Crippen LogP contribution in [0.4, 0.5) is 11.4 Å². The number of hydrogen-bond donors (Lipinski definition) is 2. The summed E-state index contributed by atoms with van der Waals surface area (Å²) in [6.45, 7) is 11.0. The number of morpholine rings is 1. The highest BCUT2D eigenvalue weighted by Gasteiger charge is 2.42. The number of hydrogen-bond acceptors (Lipinski definition) is 8. The number of nitrogens with one attached hydrogen (secondary N) is 2. The van der Waals surface area contributed by atoms with Gasteiger partial charge in [0.2, 0.25) is 11.8 Å². The summed E-state index contributed by atoms with van der Waals surface area (Å²) in [5.41, 5.74) is 1.83. The Morgan fingerprint density at radius 2 is 1.94 bits per heavy atom. The molecule has 2 amide bonds. The largest absolute Gasteiger partial charge is 0.379 e. The quantitative estimate of drug-likeness (QED) is 0.287. The topological polar surface area (TPSA) is 120 Å². The van der Waals surface area contributed by atoms with Crippen molar-refractivity contribution in [3.05, 3.63) is 33.9 Å². The summed E-state index contributed by atoms with van der Waals surface area (Å²) in [5, 5.41) is 17.4. The number of piperazine rings is 1. The van der Waals surface area contributed by atoms with Crippen molar-refractivity contribution in [2.75, 3.05) is 70.5 Å². The number of non-ortho nitro benzene ring substituents is 1. The van der Waals surface area contributed by atoms with Crippen molar-refractivity contribution in [3.63, 3.8) is 0 Å². The Hall–Kier alpha value is -2.76. The second-order valence-corrected chi connectivity index (χ2v) is 10.2. The Bertz CT molecular complexity index is 951. The van der Waals surface area contributed by atoms with Gasteiger partial charge in [0.15, 0.2) is 0 Å². The molecule has 1 aromatic rings. The van der Waals surface area contributed by atoms with E-state index in [1.165, 1.54) is 6.07 Å². The number of amides is 2. The Labute approximate surface area is 212 Å². The van der Waals surface area contributed by atoms with Crippen LogP contribution in [0.3, 0.4) is 0 Å². The van der Waals surface area contributed by atoms with E-state index in [1.54, 1.807) is 12.1 Å². The SMILES string of the molecule is CC(C)NC(=O)CN1CCN2c3ccc([N+](=O)[O-])cc3C[C@@H](C(=O)NCCCN3CCOCC3)[C@@H]2C1. The first kappa shape index (κ1) is 26.3. The molecule has 0 aromatic heterocycles. The zero-order valence-corrected chi connectivity index (χ0v) is 21.3. The molecule has 11 nitrogen and oxygen atoms in total. The fraction of sp³-hybridized carbons (Fsp3) is 0.680. The maximum Gasteiger partial charge on any atom is 0.269 e. The van der Waals surface area contributed by atoms with Gasteiger partial charge >= 0.3 is 0 Å². The summed E-state index contributed by atoms with van der Waals surface area (Å²) >= 11 is 0. The van der Waals surface area contributed by atoms with E-state index in [2.05, 4.69) is 25.3 Å². The molecule has 0 radical (unpaired) electrons. The van der Waals surface area contributed by atoms with Crippen LogP contribution in [0.1, 0.15) is 25.8 Å². The van der Waals surface area contributed by atoms with Gasteiger partial charge < -0.3 is 20.3 Å². The van der Waals surface area contributed by atoms with Gasteiger partial charge in [-0.15, -0.1) is 0 Å². The minimum Gasteiger partial charge on any atom is -0.379 e. The number of fused-ring (bicyclic) bond motifs is 3. The van der Waals surface area contributed by atoms with Crippen molar-refractivity contribution in [2.45, 2.75) is 38.8 Å². The van der Waals surface area contributed by atoms with Crippen molar-refractivity contribution < 1.29 is 19.2 Å². The number of carbonyl (C=O) groups is 2. The third kappa shape index (κ3) is 6.51. The maximum absolute atomic E-state index is 13.4. The molecule has 36 heavy (non-hydrogen) atoms. The van der Waals surface area contributed by atoms with Crippen LogP contribution in [0.2, 0.25) is 0 Å². The van der Waals surface area contributed by atoms with Crippen molar-refractivity contribution in [1.29, 1.82) is 0 Å². The summed E-state index contributed by atoms with van der Waals surface area (Å²) in [5.74, 6) is -0.397. The van der Waals surface area contributed by atoms with Crippen LogP contribution in [0, 0.1) is 16.0 Å². The van der Waals surface area contributed by atoms with E-state index >= 15 is 0 Å². The monoisotopic (exact) mass is 502 g/mol. The molecule has 2 N–H and O–H groups in total. The Morgan fingerprint density at radius 1 is 1.17 bits per heavy atom. The zero-order valence-electron chi connectivity index (χ0n) is 21.3. The molecule has 2 atom stereocenters. The predicted molar refractivity (Wildman–Crippen MR) is 136 cm³/mol. The smallest absolute Gasteiger partial charge is 0.269 e. The van der Waals surface area contributed by atoms with Crippen molar-refractivity contribution >= 4 is 23.2 Å². The predicted octanol–water partition coefficient (Wildman–Crippen LogP) is 0.621. The van der Waals surface area contributed by atoms with Gasteiger partial charge in [-0.2, -0.15) is 0 Å². The lowest BCUT2D eigenvalue weighted by molar-refractivity contribution is -0.384. The number of nitro benzene ring substituents is 1. The first-order valence-electron chi connectivity index (χ1n) is 13.0. The van der Waals surface area contributed by atoms with E-state index in [1.807, 2.05) is 13.8 Å². The number of nitro groups is 1. The molecule has 198 valence electrons. The number of nitrogens with zero attached hydrogens (tertiary/aromatic N) is 4. The minimum absolute atomic E-state index is 0.0191. The van der Waals surface area contributed by atoms with Crippen molar-refractivity contribution in [3.8, 4) is 0 Å². The van der Waals surface area contributed by atoms with E-state index in [9.17, 15) is 19.7 Å². The molecule has 3 heterocycles. The Balaban J connectivity index is 1.44. The molecule has 3 aliphatic heterocycles. The molecule has 3 aliphatic rings. The highest BCUT2D eigenvalue weighted by molar-refractivity contribution is 5.82. The summed E-state index contributed by atoms with van der Waals surface area (Å²) in [4.78, 5) is 43.4. The molecule has 0 unspecified atom stereocenters. The first-order valence-corrected chi connectivity index (χ1v) is 13.0. The van der Waals surface area contributed by atoms with Gasteiger partial charge in [0.05, 0.1) is 36.6 Å². The van der Waals surface area contributed by atoms with Gasteiger partial charge in [0, 0.05) is 63.1 Å². The van der Waals surface area contributed by atoms with Gasteiger partial charge in [-0.1, -0.05) is 0 Å². The van der Waals surface area contributed by atoms with Crippen LogP contribution < -0.4 is 15.5 Å². The zero-order chi connectivity index (χ0) is 25.7. The second kappa shape index (κ2) is 12.0.